The minimum atomic E-state index is -1.50. The van der Waals surface area contributed by atoms with Crippen LogP contribution in [0, 0.1) is 11.8 Å². The number of hydrogen-bond acceptors (Lipinski definition) is 12. The number of nitrogens with zero attached hydrogens (tertiary/aromatic N) is 1. The van der Waals surface area contributed by atoms with E-state index in [1.807, 2.05) is 6.07 Å². The minimum absolute atomic E-state index is 0.0106. The molecule has 1 aromatic heterocycles. The highest BCUT2D eigenvalue weighted by atomic mass is 35.5. The number of carbonyl (C=O) groups excluding carboxylic acids is 5. The Balaban J connectivity index is 1.84. The topological polar surface area (TPSA) is 166 Å². The Bertz CT molecular complexity index is 1340. The number of hydrogen-bond donors (Lipinski definition) is 1. The van der Waals surface area contributed by atoms with Crippen molar-refractivity contribution in [2.24, 2.45) is 11.8 Å². The van der Waals surface area contributed by atoms with E-state index in [1.54, 1.807) is 38.1 Å². The Kier molecular flexibility index (Phi) is 13.4. The number of alkyl halides is 1. The van der Waals surface area contributed by atoms with Crippen molar-refractivity contribution in [1.82, 2.24) is 10.3 Å². The maximum Gasteiger partial charge on any atom is 0.514 e. The van der Waals surface area contributed by atoms with Crippen LogP contribution in [0.1, 0.15) is 49.7 Å². The van der Waals surface area contributed by atoms with Gasteiger partial charge in [0.05, 0.1) is 19.6 Å². The minimum Gasteiger partial charge on any atom is -0.493 e. The van der Waals surface area contributed by atoms with Crippen LogP contribution in [-0.4, -0.2) is 79.4 Å². The summed E-state index contributed by atoms with van der Waals surface area (Å²) in [5.41, 5.74) is 0.353. The number of benzene rings is 1. The van der Waals surface area contributed by atoms with E-state index in [0.29, 0.717) is 18.7 Å². The SMILES string of the molecule is COc1ccnc(C(=O)NC2COC(=O)[C@H](Cc3ccccc3)C(OC(=O)C(C)C)[C@H](C)OC2=O)c1OC(=O)OCCCCCl. The van der Waals surface area contributed by atoms with Gasteiger partial charge in [-0.3, -0.25) is 14.4 Å². The predicted molar refractivity (Wildman–Crippen MR) is 159 cm³/mol. The number of nitrogens with one attached hydrogen (secondary N) is 1. The van der Waals surface area contributed by atoms with Crippen molar-refractivity contribution < 1.29 is 52.4 Å². The second-order valence-electron chi connectivity index (χ2n) is 10.4. The predicted octanol–water partition coefficient (Wildman–Crippen LogP) is 3.64. The summed E-state index contributed by atoms with van der Waals surface area (Å²) in [6, 6.07) is 8.88. The van der Waals surface area contributed by atoms with Crippen molar-refractivity contribution in [2.45, 2.75) is 58.3 Å². The van der Waals surface area contributed by atoms with Crippen LogP contribution in [0.5, 0.6) is 11.5 Å². The molecule has 1 aromatic carbocycles. The van der Waals surface area contributed by atoms with Crippen molar-refractivity contribution in [2.75, 3.05) is 26.2 Å². The number of methoxy groups -OCH3 is 1. The summed E-state index contributed by atoms with van der Waals surface area (Å²) in [7, 11) is 1.29. The lowest BCUT2D eigenvalue weighted by Crippen LogP contribution is -2.47. The van der Waals surface area contributed by atoms with Crippen molar-refractivity contribution in [1.29, 1.82) is 0 Å². The fourth-order valence-electron chi connectivity index (χ4n) is 4.29. The monoisotopic (exact) mass is 648 g/mol. The summed E-state index contributed by atoms with van der Waals surface area (Å²) in [5.74, 6) is -4.79. The lowest BCUT2D eigenvalue weighted by Gasteiger charge is -2.29. The second kappa shape index (κ2) is 17.2. The van der Waals surface area contributed by atoms with Gasteiger partial charge in [-0.1, -0.05) is 44.2 Å². The van der Waals surface area contributed by atoms with Crippen molar-refractivity contribution in [3.63, 3.8) is 0 Å². The zero-order chi connectivity index (χ0) is 32.9. The molecule has 0 radical (unpaired) electrons. The Morgan fingerprint density at radius 3 is 2.49 bits per heavy atom. The molecule has 3 rings (SSSR count). The van der Waals surface area contributed by atoms with E-state index in [9.17, 15) is 24.0 Å². The first kappa shape index (κ1) is 35.1. The average molecular weight is 649 g/mol. The van der Waals surface area contributed by atoms with Crippen LogP contribution in [0.4, 0.5) is 4.79 Å². The van der Waals surface area contributed by atoms with Gasteiger partial charge in [0.15, 0.2) is 23.6 Å². The Hall–Kier alpha value is -4.39. The van der Waals surface area contributed by atoms with Crippen molar-refractivity contribution in [3.8, 4) is 11.5 Å². The number of aromatic nitrogens is 1. The number of rotatable bonds is 12. The van der Waals surface area contributed by atoms with E-state index >= 15 is 0 Å². The fraction of sp³-hybridized carbons (Fsp3) is 0.484. The Morgan fingerprint density at radius 1 is 1.09 bits per heavy atom. The largest absolute Gasteiger partial charge is 0.514 e. The van der Waals surface area contributed by atoms with E-state index in [2.05, 4.69) is 10.3 Å². The molecule has 2 aromatic rings. The molecule has 244 valence electrons. The van der Waals surface area contributed by atoms with Gasteiger partial charge in [0, 0.05) is 18.1 Å². The maximum absolute atomic E-state index is 13.4. The third-order valence-corrected chi connectivity index (χ3v) is 6.97. The number of cyclic esters (lactones) is 2. The highest BCUT2D eigenvalue weighted by molar-refractivity contribution is 6.17. The van der Waals surface area contributed by atoms with Gasteiger partial charge >= 0.3 is 24.1 Å². The number of pyridine rings is 1. The zero-order valence-corrected chi connectivity index (χ0v) is 26.2. The number of esters is 3. The molecule has 1 amide bonds. The highest BCUT2D eigenvalue weighted by Crippen LogP contribution is 2.30. The molecule has 0 saturated carbocycles. The van der Waals surface area contributed by atoms with E-state index in [1.165, 1.54) is 26.3 Å². The number of carbonyl (C=O) groups is 5. The van der Waals surface area contributed by atoms with Crippen LogP contribution in [0.3, 0.4) is 0 Å². The number of ether oxygens (including phenoxy) is 6. The van der Waals surface area contributed by atoms with Gasteiger partial charge in [0.1, 0.15) is 18.6 Å². The standard InChI is InChI=1S/C31H37ClN2O11/c1-18(2)28(36)44-25-19(3)43-30(38)22(17-42-29(37)21(25)16-20-10-6-5-7-11-20)34-27(35)24-26(23(40-4)12-14-33-24)45-31(39)41-15-9-8-13-32/h5-7,10-12,14,18-19,21-22,25H,8-9,13,15-17H2,1-4H3,(H,34,35)/t19-,21+,22?,25?/m0/s1. The number of amides is 1. The van der Waals surface area contributed by atoms with Crippen LogP contribution in [0.25, 0.3) is 0 Å². The zero-order valence-electron chi connectivity index (χ0n) is 25.5. The van der Waals surface area contributed by atoms with E-state index < -0.39 is 72.4 Å². The Labute approximate surface area is 265 Å². The van der Waals surface area contributed by atoms with E-state index in [4.69, 9.17) is 40.0 Å². The summed E-state index contributed by atoms with van der Waals surface area (Å²) < 4.78 is 32.2. The molecule has 1 aliphatic rings. The first-order valence-electron chi connectivity index (χ1n) is 14.4. The lowest BCUT2D eigenvalue weighted by atomic mass is 9.91. The van der Waals surface area contributed by atoms with E-state index in [0.717, 1.165) is 5.56 Å². The first-order valence-corrected chi connectivity index (χ1v) is 14.9. The quantitative estimate of drug-likeness (QED) is 0.154. The fourth-order valence-corrected chi connectivity index (χ4v) is 4.48. The summed E-state index contributed by atoms with van der Waals surface area (Å²) in [6.45, 7) is 4.19. The second-order valence-corrected chi connectivity index (χ2v) is 10.8. The molecule has 1 N–H and O–H groups in total. The van der Waals surface area contributed by atoms with Gasteiger partial charge in [0.25, 0.3) is 5.91 Å². The third-order valence-electron chi connectivity index (χ3n) is 6.70. The molecule has 1 fully saturated rings. The smallest absolute Gasteiger partial charge is 0.493 e. The molecule has 45 heavy (non-hydrogen) atoms. The molecule has 0 aliphatic carbocycles. The summed E-state index contributed by atoms with van der Waals surface area (Å²) in [6.07, 6.45) is -0.902. The van der Waals surface area contributed by atoms with Gasteiger partial charge in [-0.2, -0.15) is 0 Å². The van der Waals surface area contributed by atoms with Gasteiger partial charge in [0.2, 0.25) is 5.75 Å². The average Bonchev–Trinajstić information content (AvgIpc) is 3.05. The highest BCUT2D eigenvalue weighted by Gasteiger charge is 2.42. The Morgan fingerprint density at radius 2 is 1.82 bits per heavy atom. The summed E-state index contributed by atoms with van der Waals surface area (Å²) >= 11 is 5.63. The molecule has 1 aliphatic heterocycles. The molecule has 14 heteroatoms. The van der Waals surface area contributed by atoms with Crippen LogP contribution >= 0.6 is 11.6 Å². The molecule has 13 nitrogen and oxygen atoms in total. The molecule has 0 spiro atoms. The van der Waals surface area contributed by atoms with Crippen LogP contribution < -0.4 is 14.8 Å². The maximum atomic E-state index is 13.4. The summed E-state index contributed by atoms with van der Waals surface area (Å²) in [5, 5.41) is 2.42. The number of halogens is 1. The van der Waals surface area contributed by atoms with Gasteiger partial charge < -0.3 is 33.7 Å². The lowest BCUT2D eigenvalue weighted by molar-refractivity contribution is -0.176. The van der Waals surface area contributed by atoms with Gasteiger partial charge in [-0.15, -0.1) is 11.6 Å². The molecule has 2 heterocycles. The molecule has 2 unspecified atom stereocenters. The van der Waals surface area contributed by atoms with Crippen molar-refractivity contribution >= 4 is 41.6 Å². The van der Waals surface area contributed by atoms with Gasteiger partial charge in [-0.05, 0) is 31.7 Å². The molecule has 4 atom stereocenters. The van der Waals surface area contributed by atoms with Crippen LogP contribution in [-0.2, 0) is 39.8 Å². The molecular weight excluding hydrogens is 612 g/mol. The van der Waals surface area contributed by atoms with E-state index in [-0.39, 0.29) is 24.5 Å². The van der Waals surface area contributed by atoms with Crippen LogP contribution in [0.2, 0.25) is 0 Å². The van der Waals surface area contributed by atoms with Crippen molar-refractivity contribution in [3.05, 3.63) is 53.9 Å². The molecule has 1 saturated heterocycles. The molecular formula is C31H37ClN2O11. The molecule has 0 bridgehead atoms. The van der Waals surface area contributed by atoms with Gasteiger partial charge in [-0.25, -0.2) is 14.6 Å². The third kappa shape index (κ3) is 10.1. The van der Waals surface area contributed by atoms with Crippen LogP contribution in [0.15, 0.2) is 42.6 Å². The number of unbranched alkanes of at least 4 members (excludes halogenated alkanes) is 1. The first-order chi connectivity index (χ1) is 21.5. The normalized spacial score (nSPS) is 20.0. The summed E-state index contributed by atoms with van der Waals surface area (Å²) in [4.78, 5) is 69.0.